The average molecular weight is 285 g/mol. The van der Waals surface area contributed by atoms with Gasteiger partial charge < -0.3 is 10.6 Å². The second-order valence-corrected chi connectivity index (χ2v) is 5.09. The van der Waals surface area contributed by atoms with Crippen molar-refractivity contribution < 1.29 is 0 Å². The minimum atomic E-state index is 0.507. The van der Waals surface area contributed by atoms with E-state index in [9.17, 15) is 0 Å². The molecule has 2 N–H and O–H groups in total. The van der Waals surface area contributed by atoms with Gasteiger partial charge in [-0.1, -0.05) is 19.3 Å². The Morgan fingerprint density at radius 2 is 2.00 bits per heavy atom. The van der Waals surface area contributed by atoms with Crippen LogP contribution in [0.5, 0.6) is 0 Å². The Kier molecular flexibility index (Phi) is 3.63. The summed E-state index contributed by atoms with van der Waals surface area (Å²) in [6.45, 7) is 0. The van der Waals surface area contributed by atoms with Gasteiger partial charge >= 0.3 is 0 Å². The van der Waals surface area contributed by atoms with E-state index in [0.29, 0.717) is 11.9 Å². The summed E-state index contributed by atoms with van der Waals surface area (Å²) >= 11 is 3.46. The number of aromatic nitrogens is 2. The lowest BCUT2D eigenvalue weighted by Crippen LogP contribution is -2.34. The molecule has 0 unspecified atom stereocenters. The molecule has 16 heavy (non-hydrogen) atoms. The smallest absolute Gasteiger partial charge is 0.148 e. The Bertz CT molecular complexity index is 363. The molecule has 1 fully saturated rings. The molecule has 88 valence electrons. The Labute approximate surface area is 104 Å². The fourth-order valence-corrected chi connectivity index (χ4v) is 2.75. The van der Waals surface area contributed by atoms with Crippen LogP contribution in [0.15, 0.2) is 10.8 Å². The molecule has 2 rings (SSSR count). The first-order chi connectivity index (χ1) is 7.70. The highest BCUT2D eigenvalue weighted by atomic mass is 79.9. The van der Waals surface area contributed by atoms with Gasteiger partial charge in [-0.3, -0.25) is 0 Å². The van der Waals surface area contributed by atoms with E-state index in [2.05, 4.69) is 37.8 Å². The zero-order chi connectivity index (χ0) is 11.5. The monoisotopic (exact) mass is 284 g/mol. The van der Waals surface area contributed by atoms with Crippen LogP contribution in [-0.4, -0.2) is 23.1 Å². The third kappa shape index (κ3) is 2.29. The summed E-state index contributed by atoms with van der Waals surface area (Å²) in [7, 11) is 2.09. The van der Waals surface area contributed by atoms with Gasteiger partial charge in [0.1, 0.15) is 22.4 Å². The molecule has 5 heteroatoms. The lowest BCUT2D eigenvalue weighted by molar-refractivity contribution is 0.425. The molecule has 0 spiro atoms. The summed E-state index contributed by atoms with van der Waals surface area (Å²) in [5.74, 6) is 1.41. The normalized spacial score (nSPS) is 17.4. The van der Waals surface area contributed by atoms with Crippen LogP contribution >= 0.6 is 15.9 Å². The molecule has 1 heterocycles. The fraction of sp³-hybridized carbons (Fsp3) is 0.636. The molecular weight excluding hydrogens is 268 g/mol. The molecule has 0 bridgehead atoms. The number of nitrogens with two attached hydrogens (primary N) is 1. The Morgan fingerprint density at radius 1 is 1.31 bits per heavy atom. The van der Waals surface area contributed by atoms with Gasteiger partial charge in [-0.2, -0.15) is 0 Å². The molecule has 0 atom stereocenters. The molecular formula is C11H17BrN4. The lowest BCUT2D eigenvalue weighted by atomic mass is 9.94. The molecule has 0 amide bonds. The van der Waals surface area contributed by atoms with E-state index in [4.69, 9.17) is 5.73 Å². The van der Waals surface area contributed by atoms with Crippen LogP contribution in [0.3, 0.4) is 0 Å². The maximum atomic E-state index is 5.76. The van der Waals surface area contributed by atoms with Crippen LogP contribution in [0, 0.1) is 0 Å². The summed E-state index contributed by atoms with van der Waals surface area (Å²) in [4.78, 5) is 10.5. The Hall–Kier alpha value is -0.840. The second kappa shape index (κ2) is 4.99. The van der Waals surface area contributed by atoms with Gasteiger partial charge in [-0.15, -0.1) is 0 Å². The number of hydrogen-bond acceptors (Lipinski definition) is 4. The van der Waals surface area contributed by atoms with E-state index < -0.39 is 0 Å². The maximum absolute atomic E-state index is 5.76. The predicted octanol–water partition coefficient (Wildman–Crippen LogP) is 2.59. The molecule has 1 aromatic rings. The highest BCUT2D eigenvalue weighted by molar-refractivity contribution is 9.10. The molecule has 0 saturated heterocycles. The van der Waals surface area contributed by atoms with Crippen molar-refractivity contribution in [1.82, 2.24) is 9.97 Å². The standard InChI is InChI=1S/C11H17BrN4/c1-16(8-5-3-2-4-6-8)11-9(12)10(13)14-7-15-11/h7-8H,2-6H2,1H3,(H2,13,14,15). The largest absolute Gasteiger partial charge is 0.383 e. The molecule has 0 aromatic carbocycles. The zero-order valence-electron chi connectivity index (χ0n) is 9.49. The van der Waals surface area contributed by atoms with E-state index in [0.717, 1.165) is 10.3 Å². The van der Waals surface area contributed by atoms with Crippen molar-refractivity contribution >= 4 is 27.6 Å². The van der Waals surface area contributed by atoms with Gasteiger partial charge in [0.2, 0.25) is 0 Å². The average Bonchev–Trinajstić information content (AvgIpc) is 2.33. The van der Waals surface area contributed by atoms with Crippen LogP contribution in [0.4, 0.5) is 11.6 Å². The molecule has 1 aromatic heterocycles. The van der Waals surface area contributed by atoms with Crippen molar-refractivity contribution in [3.05, 3.63) is 10.8 Å². The van der Waals surface area contributed by atoms with Crippen molar-refractivity contribution in [2.75, 3.05) is 17.7 Å². The van der Waals surface area contributed by atoms with Gasteiger partial charge in [-0.25, -0.2) is 9.97 Å². The van der Waals surface area contributed by atoms with Crippen molar-refractivity contribution in [3.8, 4) is 0 Å². The SMILES string of the molecule is CN(c1ncnc(N)c1Br)C1CCCCC1. The first-order valence-electron chi connectivity index (χ1n) is 5.69. The topological polar surface area (TPSA) is 55.0 Å². The van der Waals surface area contributed by atoms with Gasteiger partial charge in [0.25, 0.3) is 0 Å². The highest BCUT2D eigenvalue weighted by Gasteiger charge is 2.21. The second-order valence-electron chi connectivity index (χ2n) is 4.30. The molecule has 1 saturated carbocycles. The van der Waals surface area contributed by atoms with Gasteiger partial charge in [-0.05, 0) is 28.8 Å². The third-order valence-corrected chi connectivity index (χ3v) is 4.02. The van der Waals surface area contributed by atoms with Crippen LogP contribution in [-0.2, 0) is 0 Å². The van der Waals surface area contributed by atoms with Gasteiger partial charge in [0.05, 0.1) is 0 Å². The van der Waals surface area contributed by atoms with Crippen LogP contribution in [0.25, 0.3) is 0 Å². The molecule has 4 nitrogen and oxygen atoms in total. The van der Waals surface area contributed by atoms with Crippen LogP contribution < -0.4 is 10.6 Å². The quantitative estimate of drug-likeness (QED) is 0.907. The molecule has 0 radical (unpaired) electrons. The number of nitrogen functional groups attached to an aromatic ring is 1. The van der Waals surface area contributed by atoms with Crippen molar-refractivity contribution in [3.63, 3.8) is 0 Å². The summed E-state index contributed by atoms with van der Waals surface area (Å²) < 4.78 is 0.808. The first-order valence-corrected chi connectivity index (χ1v) is 6.48. The summed E-state index contributed by atoms with van der Waals surface area (Å²) in [5, 5.41) is 0. The van der Waals surface area contributed by atoms with Crippen molar-refractivity contribution in [1.29, 1.82) is 0 Å². The summed E-state index contributed by atoms with van der Waals surface area (Å²) in [6.07, 6.45) is 7.99. The minimum absolute atomic E-state index is 0.507. The van der Waals surface area contributed by atoms with Crippen LogP contribution in [0.2, 0.25) is 0 Å². The number of rotatable bonds is 2. The number of nitrogens with zero attached hydrogens (tertiary/aromatic N) is 3. The predicted molar refractivity (Wildman–Crippen MR) is 69.4 cm³/mol. The molecule has 0 aliphatic heterocycles. The van der Waals surface area contributed by atoms with E-state index in [1.807, 2.05) is 0 Å². The van der Waals surface area contributed by atoms with Gasteiger partial charge in [0, 0.05) is 13.1 Å². The highest BCUT2D eigenvalue weighted by Crippen LogP contribution is 2.31. The number of hydrogen-bond donors (Lipinski definition) is 1. The summed E-state index contributed by atoms with van der Waals surface area (Å²) in [6, 6.07) is 0.583. The zero-order valence-corrected chi connectivity index (χ0v) is 11.1. The Morgan fingerprint density at radius 3 is 2.69 bits per heavy atom. The minimum Gasteiger partial charge on any atom is -0.383 e. The van der Waals surface area contributed by atoms with Gasteiger partial charge in [0.15, 0.2) is 0 Å². The Balaban J connectivity index is 2.19. The first kappa shape index (κ1) is 11.6. The van der Waals surface area contributed by atoms with E-state index in [1.54, 1.807) is 0 Å². The van der Waals surface area contributed by atoms with Crippen molar-refractivity contribution in [2.45, 2.75) is 38.1 Å². The molecule has 1 aliphatic carbocycles. The van der Waals surface area contributed by atoms with E-state index in [-0.39, 0.29) is 0 Å². The van der Waals surface area contributed by atoms with E-state index in [1.165, 1.54) is 38.4 Å². The van der Waals surface area contributed by atoms with E-state index >= 15 is 0 Å². The number of halogens is 1. The maximum Gasteiger partial charge on any atom is 0.148 e. The molecule has 1 aliphatic rings. The summed E-state index contributed by atoms with van der Waals surface area (Å²) in [5.41, 5.74) is 5.76. The fourth-order valence-electron chi connectivity index (χ4n) is 2.26. The lowest BCUT2D eigenvalue weighted by Gasteiger charge is -2.32. The van der Waals surface area contributed by atoms with Crippen molar-refractivity contribution in [2.24, 2.45) is 0 Å². The number of anilines is 2. The third-order valence-electron chi connectivity index (χ3n) is 3.25. The van der Waals surface area contributed by atoms with Crippen LogP contribution in [0.1, 0.15) is 32.1 Å².